The molecule has 0 radical (unpaired) electrons. The van der Waals surface area contributed by atoms with Gasteiger partial charge in [-0.25, -0.2) is 19.2 Å². The quantitative estimate of drug-likeness (QED) is 0.141. The molecule has 0 unspecified atom stereocenters. The van der Waals surface area contributed by atoms with E-state index in [0.717, 1.165) is 181 Å². The van der Waals surface area contributed by atoms with Gasteiger partial charge in [0, 0.05) is 119 Å². The minimum absolute atomic E-state index is 0.0257. The SMILES string of the molecule is CC1(C)CCN2CCC(C)(C)c3c2c1cc1cc(-c2ccc(-c4ccc(-c5cc(-c6cc(-c7cc8cc9c%10c(c8oc7=O)C(C)(C)CCN%10CCC9(C)C)cc(-c7cc8cc9c%10c(c8oc7=O)C(C)(C)CCN%10CCC9(C)C)c6)cc(-c6cc7cc8c9c(c7oc6=O)C(C)(C)CCN9CCC8(C)C)c5)cc4)cc2)c(=O)oc31. The number of rotatable bonds is 7. The average Bonchev–Trinajstić information content (AvgIpc) is 0.726. The molecule has 20 rings (SSSR count). The van der Waals surface area contributed by atoms with Gasteiger partial charge in [-0.3, -0.25) is 0 Å². The molecule has 0 saturated carbocycles. The Labute approximate surface area is 655 Å². The fourth-order valence-corrected chi connectivity index (χ4v) is 21.3. The van der Waals surface area contributed by atoms with Crippen LogP contribution in [0.5, 0.6) is 0 Å². The monoisotopic (exact) mass is 1490 g/mol. The van der Waals surface area contributed by atoms with E-state index in [2.05, 4.69) is 215 Å². The van der Waals surface area contributed by atoms with E-state index in [9.17, 15) is 4.79 Å². The maximum atomic E-state index is 15.5. The molecular formula is C100H102N4O8. The third-order valence-corrected chi connectivity index (χ3v) is 28.8. The second-order valence-electron chi connectivity index (χ2n) is 39.8. The van der Waals surface area contributed by atoms with Gasteiger partial charge < -0.3 is 37.3 Å². The Morgan fingerprint density at radius 1 is 0.223 bits per heavy atom. The fraction of sp³-hybridized carbons (Fsp3) is 0.400. The van der Waals surface area contributed by atoms with E-state index >= 15 is 14.4 Å². The standard InChI is InChI=1S/C100H102N4O8/c1-93(2)25-33-101-37-29-97(9,10)77-81(101)73(93)51-65-47-69(89(105)109-85(65)77)58-23-21-56(22-24-58)55-17-19-57(20-18-55)59-41-60(43-62(42-59)70-48-66-52-74-82-78(86(66)110-90(70)106)98(11,12)30-38-102(82)34-26-94(74,3)4)61-44-63(71-49-67-53-75-83-79(87(67)111-91(71)107)99(13,14)31-39-103(83)35-27-95(75,5)6)46-64(45-61)72-50-68-54-76-84-80(88(68)112-92(72)108)100(15,16)32-40-104(84)36-28-96(76,7)8/h17-24,41-54H,25-40H2,1-16H3. The lowest BCUT2D eigenvalue weighted by Crippen LogP contribution is -2.44. The zero-order valence-corrected chi connectivity index (χ0v) is 68.1. The van der Waals surface area contributed by atoms with Gasteiger partial charge in [0.25, 0.3) is 0 Å². The highest BCUT2D eigenvalue weighted by Crippen LogP contribution is 2.58. The summed E-state index contributed by atoms with van der Waals surface area (Å²) in [6.07, 6.45) is 7.84. The second-order valence-corrected chi connectivity index (χ2v) is 39.8. The van der Waals surface area contributed by atoms with Gasteiger partial charge in [-0.05, 0) is 258 Å². The molecule has 8 aliphatic heterocycles. The van der Waals surface area contributed by atoms with Crippen LogP contribution in [0.1, 0.15) is 207 Å². The van der Waals surface area contributed by atoms with Crippen LogP contribution >= 0.6 is 0 Å². The average molecular weight is 1490 g/mol. The predicted molar refractivity (Wildman–Crippen MR) is 459 cm³/mol. The number of hydrogen-bond acceptors (Lipinski definition) is 12. The fourth-order valence-electron chi connectivity index (χ4n) is 21.3. The van der Waals surface area contributed by atoms with Crippen molar-refractivity contribution in [3.8, 4) is 77.9 Å². The molecule has 0 aliphatic carbocycles. The lowest BCUT2D eigenvalue weighted by atomic mass is 9.69. The molecule has 570 valence electrons. The van der Waals surface area contributed by atoms with E-state index in [-0.39, 0.29) is 48.9 Å². The highest BCUT2D eigenvalue weighted by Gasteiger charge is 2.47. The minimum atomic E-state index is -0.472. The van der Waals surface area contributed by atoms with Crippen LogP contribution in [-0.2, 0) is 43.3 Å². The molecular weight excluding hydrogens is 1390 g/mol. The summed E-state index contributed by atoms with van der Waals surface area (Å²) in [4.78, 5) is 70.8. The summed E-state index contributed by atoms with van der Waals surface area (Å²) >= 11 is 0. The highest BCUT2D eigenvalue weighted by atomic mass is 16.4. The minimum Gasteiger partial charge on any atom is -0.422 e. The normalized spacial score (nSPS) is 20.0. The van der Waals surface area contributed by atoms with Crippen molar-refractivity contribution in [3.63, 3.8) is 0 Å². The summed E-state index contributed by atoms with van der Waals surface area (Å²) in [5.41, 5.74) is 23.3. The van der Waals surface area contributed by atoms with Gasteiger partial charge in [-0.2, -0.15) is 0 Å². The molecule has 0 atom stereocenters. The predicted octanol–water partition coefficient (Wildman–Crippen LogP) is 22.5. The van der Waals surface area contributed by atoms with Crippen LogP contribution in [-0.4, -0.2) is 52.4 Å². The van der Waals surface area contributed by atoms with Crippen LogP contribution in [0, 0.1) is 0 Å². The van der Waals surface area contributed by atoms with Crippen molar-refractivity contribution in [2.45, 2.75) is 205 Å². The van der Waals surface area contributed by atoms with Crippen LogP contribution in [0.15, 0.2) is 170 Å². The van der Waals surface area contributed by atoms with Crippen molar-refractivity contribution in [2.24, 2.45) is 0 Å². The van der Waals surface area contributed by atoms with Crippen LogP contribution in [0.25, 0.3) is 122 Å². The van der Waals surface area contributed by atoms with E-state index < -0.39 is 16.9 Å². The Morgan fingerprint density at radius 2 is 0.411 bits per heavy atom. The Bertz CT molecular complexity index is 6230. The third-order valence-electron chi connectivity index (χ3n) is 28.8. The Balaban J connectivity index is 0.771. The van der Waals surface area contributed by atoms with E-state index in [4.69, 9.17) is 17.7 Å². The highest BCUT2D eigenvalue weighted by molar-refractivity contribution is 5.99. The molecule has 8 aromatic carbocycles. The maximum absolute atomic E-state index is 15.5. The maximum Gasteiger partial charge on any atom is 0.344 e. The number of nitrogens with zero attached hydrogens (tertiary/aromatic N) is 4. The second kappa shape index (κ2) is 23.7. The molecule has 112 heavy (non-hydrogen) atoms. The molecule has 12 aromatic rings. The Morgan fingerprint density at radius 3 is 0.661 bits per heavy atom. The topological polar surface area (TPSA) is 134 Å². The molecule has 0 amide bonds. The van der Waals surface area contributed by atoms with Crippen molar-refractivity contribution in [1.29, 1.82) is 0 Å². The van der Waals surface area contributed by atoms with E-state index in [1.807, 2.05) is 48.5 Å². The van der Waals surface area contributed by atoms with Crippen molar-refractivity contribution in [1.82, 2.24) is 0 Å². The molecule has 0 fully saturated rings. The van der Waals surface area contributed by atoms with Crippen molar-refractivity contribution >= 4 is 66.6 Å². The van der Waals surface area contributed by atoms with Crippen LogP contribution in [0.3, 0.4) is 0 Å². The largest absolute Gasteiger partial charge is 0.422 e. The van der Waals surface area contributed by atoms with Gasteiger partial charge in [0.1, 0.15) is 22.3 Å². The van der Waals surface area contributed by atoms with E-state index in [1.54, 1.807) is 0 Å². The van der Waals surface area contributed by atoms with Crippen molar-refractivity contribution in [3.05, 3.63) is 220 Å². The van der Waals surface area contributed by atoms with Crippen LogP contribution in [0.2, 0.25) is 0 Å². The van der Waals surface area contributed by atoms with Crippen LogP contribution in [0.4, 0.5) is 22.7 Å². The van der Waals surface area contributed by atoms with E-state index in [0.29, 0.717) is 66.8 Å². The molecule has 12 heterocycles. The summed E-state index contributed by atoms with van der Waals surface area (Å²) < 4.78 is 26.9. The first-order valence-corrected chi connectivity index (χ1v) is 41.2. The van der Waals surface area contributed by atoms with Crippen molar-refractivity contribution in [2.75, 3.05) is 72.0 Å². The number of hydrogen-bond donors (Lipinski definition) is 0. The molecule has 0 spiro atoms. The number of benzene rings is 8. The molecule has 0 N–H and O–H groups in total. The number of fused-ring (bicyclic) bond motifs is 8. The Hall–Kier alpha value is -10.2. The smallest absolute Gasteiger partial charge is 0.344 e. The summed E-state index contributed by atoms with van der Waals surface area (Å²) in [6, 6.07) is 46.3. The lowest BCUT2D eigenvalue weighted by Gasteiger charge is -2.48. The van der Waals surface area contributed by atoms with Gasteiger partial charge >= 0.3 is 22.5 Å². The molecule has 4 aromatic heterocycles. The summed E-state index contributed by atoms with van der Waals surface area (Å²) in [6.45, 7) is 44.6. The molecule has 8 aliphatic rings. The zero-order valence-electron chi connectivity index (χ0n) is 68.1. The first-order chi connectivity index (χ1) is 53.0. The molecule has 0 saturated heterocycles. The van der Waals surface area contributed by atoms with Gasteiger partial charge in [-0.1, -0.05) is 159 Å². The molecule has 12 nitrogen and oxygen atoms in total. The van der Waals surface area contributed by atoms with Gasteiger partial charge in [-0.15, -0.1) is 0 Å². The zero-order chi connectivity index (χ0) is 77.9. The van der Waals surface area contributed by atoms with Gasteiger partial charge in [0.05, 0.1) is 22.3 Å². The summed E-state index contributed by atoms with van der Waals surface area (Å²) in [5, 5.41) is 3.55. The first-order valence-electron chi connectivity index (χ1n) is 41.2. The summed E-state index contributed by atoms with van der Waals surface area (Å²) in [7, 11) is 0. The Kier molecular flexibility index (Phi) is 15.0. The van der Waals surface area contributed by atoms with E-state index in [1.165, 1.54) is 45.0 Å². The number of anilines is 4. The molecule has 12 heteroatoms. The van der Waals surface area contributed by atoms with Crippen LogP contribution < -0.4 is 42.1 Å². The molecule has 0 bridgehead atoms. The van der Waals surface area contributed by atoms with Crippen molar-refractivity contribution < 1.29 is 17.7 Å². The lowest BCUT2D eigenvalue weighted by molar-refractivity contribution is 0.398. The summed E-state index contributed by atoms with van der Waals surface area (Å²) in [5.74, 6) is 0. The van der Waals surface area contributed by atoms with Gasteiger partial charge in [0.2, 0.25) is 0 Å². The third kappa shape index (κ3) is 10.7. The first kappa shape index (κ1) is 70.9. The van der Waals surface area contributed by atoms with Gasteiger partial charge in [0.15, 0.2) is 0 Å².